The normalized spacial score (nSPS) is 10.8. The fraction of sp³-hybridized carbons (Fsp3) is 0.222. The van der Waals surface area contributed by atoms with Crippen LogP contribution in [-0.4, -0.2) is 27.6 Å². The number of benzene rings is 1. The first-order valence-corrected chi connectivity index (χ1v) is 8.36. The highest BCUT2D eigenvalue weighted by atomic mass is 32.1. The molecule has 0 atom stereocenters. The molecule has 6 heteroatoms. The van der Waals surface area contributed by atoms with E-state index in [2.05, 4.69) is 22.9 Å². The minimum absolute atomic E-state index is 0.162. The zero-order valence-electron chi connectivity index (χ0n) is 13.4. The Kier molecular flexibility index (Phi) is 5.05. The lowest BCUT2D eigenvalue weighted by Crippen LogP contribution is -2.25. The summed E-state index contributed by atoms with van der Waals surface area (Å²) < 4.78 is 7.81. The molecule has 1 aromatic carbocycles. The van der Waals surface area contributed by atoms with E-state index in [0.29, 0.717) is 30.2 Å². The molecule has 24 heavy (non-hydrogen) atoms. The Morgan fingerprint density at radius 3 is 2.92 bits per heavy atom. The van der Waals surface area contributed by atoms with Crippen LogP contribution >= 0.6 is 12.6 Å². The number of nitrogens with zero attached hydrogens (tertiary/aromatic N) is 2. The summed E-state index contributed by atoms with van der Waals surface area (Å²) in [6.07, 6.45) is 3.89. The van der Waals surface area contributed by atoms with Crippen LogP contribution in [0.3, 0.4) is 0 Å². The van der Waals surface area contributed by atoms with Crippen LogP contribution in [0.15, 0.2) is 48.8 Å². The Morgan fingerprint density at radius 1 is 1.29 bits per heavy atom. The van der Waals surface area contributed by atoms with Crippen molar-refractivity contribution in [2.75, 3.05) is 12.3 Å². The lowest BCUT2D eigenvalue weighted by molar-refractivity contribution is 0.0951. The van der Waals surface area contributed by atoms with E-state index >= 15 is 0 Å². The van der Waals surface area contributed by atoms with Gasteiger partial charge in [-0.3, -0.25) is 4.79 Å². The summed E-state index contributed by atoms with van der Waals surface area (Å²) in [5.41, 5.74) is 3.35. The van der Waals surface area contributed by atoms with Gasteiger partial charge in [0.2, 0.25) is 0 Å². The van der Waals surface area contributed by atoms with Gasteiger partial charge in [0.05, 0.1) is 11.3 Å². The Bertz CT molecular complexity index is 860. The maximum absolute atomic E-state index is 12.2. The summed E-state index contributed by atoms with van der Waals surface area (Å²) >= 11 is 4.10. The van der Waals surface area contributed by atoms with Gasteiger partial charge in [0.15, 0.2) is 0 Å². The molecule has 0 bridgehead atoms. The lowest BCUT2D eigenvalue weighted by Gasteiger charge is -2.10. The monoisotopic (exact) mass is 341 g/mol. The van der Waals surface area contributed by atoms with Crippen molar-refractivity contribution in [2.45, 2.75) is 13.5 Å². The fourth-order valence-corrected chi connectivity index (χ4v) is 2.58. The van der Waals surface area contributed by atoms with Gasteiger partial charge in [-0.25, -0.2) is 4.98 Å². The second-order valence-electron chi connectivity index (χ2n) is 5.42. The Balaban J connectivity index is 1.76. The third-order valence-corrected chi connectivity index (χ3v) is 3.86. The van der Waals surface area contributed by atoms with Crippen molar-refractivity contribution in [3.8, 4) is 5.75 Å². The standard InChI is InChI=1S/C18H19N3O2S/c1-13-5-4-9-21-11-14(20-17(13)21)12-23-16-7-3-2-6-15(16)18(22)19-8-10-24/h2-7,9,11,24H,8,10,12H2,1H3,(H,19,22). The van der Waals surface area contributed by atoms with Crippen molar-refractivity contribution in [3.05, 3.63) is 65.6 Å². The second-order valence-corrected chi connectivity index (χ2v) is 5.87. The van der Waals surface area contributed by atoms with Gasteiger partial charge in [-0.1, -0.05) is 18.2 Å². The van der Waals surface area contributed by atoms with E-state index in [0.717, 1.165) is 16.9 Å². The molecule has 1 amide bonds. The van der Waals surface area contributed by atoms with Crippen molar-refractivity contribution >= 4 is 24.2 Å². The Labute approximate surface area is 146 Å². The average Bonchev–Trinajstić information content (AvgIpc) is 3.03. The van der Waals surface area contributed by atoms with Gasteiger partial charge in [-0.2, -0.15) is 12.6 Å². The molecule has 0 unspecified atom stereocenters. The summed E-state index contributed by atoms with van der Waals surface area (Å²) in [6, 6.07) is 11.2. The first-order chi connectivity index (χ1) is 11.7. The van der Waals surface area contributed by atoms with Crippen LogP contribution in [0, 0.1) is 6.92 Å². The highest BCUT2D eigenvalue weighted by molar-refractivity contribution is 7.80. The summed E-state index contributed by atoms with van der Waals surface area (Å²) in [6.45, 7) is 2.84. The van der Waals surface area contributed by atoms with Crippen LogP contribution in [0.25, 0.3) is 5.65 Å². The quantitative estimate of drug-likeness (QED) is 0.678. The first kappa shape index (κ1) is 16.4. The molecule has 0 saturated heterocycles. The first-order valence-electron chi connectivity index (χ1n) is 7.73. The van der Waals surface area contributed by atoms with Gasteiger partial charge in [-0.05, 0) is 30.7 Å². The molecule has 2 aromatic heterocycles. The van der Waals surface area contributed by atoms with E-state index in [1.54, 1.807) is 12.1 Å². The number of imidazole rings is 1. The van der Waals surface area contributed by atoms with E-state index in [9.17, 15) is 4.79 Å². The van der Waals surface area contributed by atoms with Crippen LogP contribution in [0.5, 0.6) is 5.75 Å². The SMILES string of the molecule is Cc1cccn2cc(COc3ccccc3C(=O)NCCS)nc12. The molecule has 0 aliphatic heterocycles. The Hall–Kier alpha value is -2.47. The highest BCUT2D eigenvalue weighted by Gasteiger charge is 2.12. The number of carbonyl (C=O) groups excluding carboxylic acids is 1. The number of hydrogen-bond acceptors (Lipinski definition) is 4. The number of thiol groups is 1. The zero-order chi connectivity index (χ0) is 16.9. The molecular weight excluding hydrogens is 322 g/mol. The molecule has 0 radical (unpaired) electrons. The summed E-state index contributed by atoms with van der Waals surface area (Å²) in [5.74, 6) is 0.975. The van der Waals surface area contributed by atoms with Crippen molar-refractivity contribution in [1.29, 1.82) is 0 Å². The average molecular weight is 341 g/mol. The summed E-state index contributed by atoms with van der Waals surface area (Å²) in [4.78, 5) is 16.8. The van der Waals surface area contributed by atoms with Gasteiger partial charge >= 0.3 is 0 Å². The minimum Gasteiger partial charge on any atom is -0.486 e. The number of pyridine rings is 1. The van der Waals surface area contributed by atoms with E-state index in [4.69, 9.17) is 4.74 Å². The largest absolute Gasteiger partial charge is 0.486 e. The maximum Gasteiger partial charge on any atom is 0.255 e. The fourth-order valence-electron chi connectivity index (χ4n) is 2.47. The van der Waals surface area contributed by atoms with Crippen molar-refractivity contribution in [1.82, 2.24) is 14.7 Å². The Morgan fingerprint density at radius 2 is 2.12 bits per heavy atom. The molecule has 3 aromatic rings. The van der Waals surface area contributed by atoms with E-state index in [1.807, 2.05) is 48.0 Å². The number of rotatable bonds is 6. The number of aromatic nitrogens is 2. The molecular formula is C18H19N3O2S. The maximum atomic E-state index is 12.2. The number of fused-ring (bicyclic) bond motifs is 1. The number of aryl methyl sites for hydroxylation is 1. The molecule has 0 aliphatic carbocycles. The van der Waals surface area contributed by atoms with Crippen LogP contribution in [-0.2, 0) is 6.61 Å². The molecule has 5 nitrogen and oxygen atoms in total. The molecule has 0 aliphatic rings. The minimum atomic E-state index is -0.162. The van der Waals surface area contributed by atoms with Gasteiger partial charge in [0.25, 0.3) is 5.91 Å². The number of para-hydroxylation sites is 1. The van der Waals surface area contributed by atoms with Crippen molar-refractivity contribution in [2.24, 2.45) is 0 Å². The number of carbonyl (C=O) groups is 1. The molecule has 124 valence electrons. The summed E-state index contributed by atoms with van der Waals surface area (Å²) in [5, 5.41) is 2.80. The van der Waals surface area contributed by atoms with Crippen LogP contribution in [0.1, 0.15) is 21.6 Å². The van der Waals surface area contributed by atoms with Crippen molar-refractivity contribution in [3.63, 3.8) is 0 Å². The van der Waals surface area contributed by atoms with Crippen LogP contribution in [0.4, 0.5) is 0 Å². The van der Waals surface area contributed by atoms with Crippen LogP contribution in [0.2, 0.25) is 0 Å². The third kappa shape index (κ3) is 3.54. The number of nitrogens with one attached hydrogen (secondary N) is 1. The second kappa shape index (κ2) is 7.40. The number of amides is 1. The van der Waals surface area contributed by atoms with E-state index < -0.39 is 0 Å². The van der Waals surface area contributed by atoms with E-state index in [1.165, 1.54) is 0 Å². The van der Waals surface area contributed by atoms with Crippen molar-refractivity contribution < 1.29 is 9.53 Å². The molecule has 0 fully saturated rings. The van der Waals surface area contributed by atoms with Crippen LogP contribution < -0.4 is 10.1 Å². The molecule has 0 saturated carbocycles. The summed E-state index contributed by atoms with van der Waals surface area (Å²) in [7, 11) is 0. The van der Waals surface area contributed by atoms with E-state index in [-0.39, 0.29) is 5.91 Å². The predicted octanol–water partition coefficient (Wildman–Crippen LogP) is 2.88. The molecule has 0 spiro atoms. The third-order valence-electron chi connectivity index (χ3n) is 3.63. The van der Waals surface area contributed by atoms with Gasteiger partial charge in [-0.15, -0.1) is 0 Å². The highest BCUT2D eigenvalue weighted by Crippen LogP contribution is 2.19. The number of hydrogen-bond donors (Lipinski definition) is 2. The number of ether oxygens (including phenoxy) is 1. The van der Waals surface area contributed by atoms with Gasteiger partial charge in [0.1, 0.15) is 18.0 Å². The molecule has 3 rings (SSSR count). The lowest BCUT2D eigenvalue weighted by atomic mass is 10.2. The topological polar surface area (TPSA) is 55.6 Å². The molecule has 1 N–H and O–H groups in total. The zero-order valence-corrected chi connectivity index (χ0v) is 14.3. The molecule has 2 heterocycles. The predicted molar refractivity (Wildman–Crippen MR) is 96.9 cm³/mol. The smallest absolute Gasteiger partial charge is 0.255 e. The van der Waals surface area contributed by atoms with Gasteiger partial charge in [0, 0.05) is 24.7 Å². The van der Waals surface area contributed by atoms with Gasteiger partial charge < -0.3 is 14.5 Å².